The van der Waals surface area contributed by atoms with Gasteiger partial charge in [0, 0.05) is 17.0 Å². The minimum absolute atomic E-state index is 0.0636. The monoisotopic (exact) mass is 445 g/mol. The van der Waals surface area contributed by atoms with Gasteiger partial charge in [-0.05, 0) is 42.9 Å². The predicted molar refractivity (Wildman–Crippen MR) is 119 cm³/mol. The maximum Gasteiger partial charge on any atom is 0.340 e. The van der Waals surface area contributed by atoms with Crippen molar-refractivity contribution < 1.29 is 22.0 Å². The standard InChI is InChI=1S/C23H27NO6S/c1-12-8-17-20(21-19(12)16(10-29-21)23(3,4)5)13(2)15(22(26)30-17)9-18(25)24-14-6-7-31(27,28)11-14/h8,10,14H,6-7,9,11H2,1-5H3,(H,24,25). The van der Waals surface area contributed by atoms with E-state index in [4.69, 9.17) is 8.83 Å². The van der Waals surface area contributed by atoms with Crippen molar-refractivity contribution in [2.75, 3.05) is 11.5 Å². The summed E-state index contributed by atoms with van der Waals surface area (Å²) in [5.74, 6) is -0.387. The van der Waals surface area contributed by atoms with Crippen LogP contribution < -0.4 is 10.9 Å². The summed E-state index contributed by atoms with van der Waals surface area (Å²) in [5, 5.41) is 4.41. The van der Waals surface area contributed by atoms with Gasteiger partial charge in [-0.25, -0.2) is 13.2 Å². The van der Waals surface area contributed by atoms with E-state index in [-0.39, 0.29) is 28.9 Å². The maximum absolute atomic E-state index is 12.7. The van der Waals surface area contributed by atoms with E-state index in [2.05, 4.69) is 26.1 Å². The van der Waals surface area contributed by atoms with Crippen molar-refractivity contribution in [2.24, 2.45) is 0 Å². The Balaban J connectivity index is 1.77. The van der Waals surface area contributed by atoms with Crippen molar-refractivity contribution in [3.8, 4) is 0 Å². The molecule has 0 spiro atoms. The molecule has 31 heavy (non-hydrogen) atoms. The van der Waals surface area contributed by atoms with Crippen LogP contribution in [0.4, 0.5) is 0 Å². The summed E-state index contributed by atoms with van der Waals surface area (Å²) in [6.45, 7) is 10.1. The topological polar surface area (TPSA) is 107 Å². The molecule has 1 aliphatic rings. The van der Waals surface area contributed by atoms with Gasteiger partial charge in [-0.2, -0.15) is 0 Å². The second kappa shape index (κ2) is 7.22. The molecular weight excluding hydrogens is 418 g/mol. The molecule has 1 amide bonds. The summed E-state index contributed by atoms with van der Waals surface area (Å²) < 4.78 is 34.8. The van der Waals surface area contributed by atoms with Gasteiger partial charge in [0.25, 0.3) is 0 Å². The van der Waals surface area contributed by atoms with Crippen molar-refractivity contribution in [1.82, 2.24) is 5.32 Å². The van der Waals surface area contributed by atoms with Gasteiger partial charge in [-0.3, -0.25) is 4.79 Å². The maximum atomic E-state index is 12.7. The highest BCUT2D eigenvalue weighted by Crippen LogP contribution is 2.38. The van der Waals surface area contributed by atoms with Crippen LogP contribution in [0.25, 0.3) is 21.9 Å². The Hall–Kier alpha value is -2.61. The number of aryl methyl sites for hydroxylation is 2. The predicted octanol–water partition coefficient (Wildman–Crippen LogP) is 3.30. The molecular formula is C23H27NO6S. The van der Waals surface area contributed by atoms with Crippen LogP contribution in [0.3, 0.4) is 0 Å². The third kappa shape index (κ3) is 3.89. The molecule has 166 valence electrons. The van der Waals surface area contributed by atoms with Crippen LogP contribution in [0.1, 0.15) is 49.4 Å². The number of hydrogen-bond donors (Lipinski definition) is 1. The fourth-order valence-electron chi connectivity index (χ4n) is 4.39. The molecule has 1 unspecified atom stereocenters. The van der Waals surface area contributed by atoms with Gasteiger partial charge in [0.15, 0.2) is 9.84 Å². The van der Waals surface area contributed by atoms with E-state index >= 15 is 0 Å². The molecule has 8 heteroatoms. The van der Waals surface area contributed by atoms with E-state index in [0.29, 0.717) is 28.5 Å². The second-order valence-corrected chi connectivity index (χ2v) is 11.7. The highest BCUT2D eigenvalue weighted by molar-refractivity contribution is 7.91. The van der Waals surface area contributed by atoms with Gasteiger partial charge in [-0.15, -0.1) is 0 Å². The molecule has 2 aromatic heterocycles. The quantitative estimate of drug-likeness (QED) is 0.620. The van der Waals surface area contributed by atoms with E-state index in [0.717, 1.165) is 16.5 Å². The fraction of sp³-hybridized carbons (Fsp3) is 0.478. The molecule has 1 fully saturated rings. The van der Waals surface area contributed by atoms with E-state index in [1.165, 1.54) is 0 Å². The van der Waals surface area contributed by atoms with Crippen molar-refractivity contribution in [2.45, 2.75) is 58.9 Å². The van der Waals surface area contributed by atoms with Crippen LogP contribution >= 0.6 is 0 Å². The molecule has 0 bridgehead atoms. The molecule has 0 saturated carbocycles. The Kier molecular flexibility index (Phi) is 5.04. The van der Waals surface area contributed by atoms with Gasteiger partial charge in [0.2, 0.25) is 5.91 Å². The summed E-state index contributed by atoms with van der Waals surface area (Å²) in [6, 6.07) is 1.42. The number of amides is 1. The molecule has 0 aliphatic carbocycles. The average molecular weight is 446 g/mol. The van der Waals surface area contributed by atoms with E-state index in [1.54, 1.807) is 13.2 Å². The molecule has 3 aromatic rings. The number of hydrogen-bond acceptors (Lipinski definition) is 6. The lowest BCUT2D eigenvalue weighted by Gasteiger charge is -2.18. The number of rotatable bonds is 3. The Labute approximate surface area is 180 Å². The highest BCUT2D eigenvalue weighted by atomic mass is 32.2. The van der Waals surface area contributed by atoms with Crippen LogP contribution in [0.5, 0.6) is 0 Å². The van der Waals surface area contributed by atoms with Crippen LogP contribution in [0.2, 0.25) is 0 Å². The average Bonchev–Trinajstić information content (AvgIpc) is 3.22. The van der Waals surface area contributed by atoms with E-state index in [9.17, 15) is 18.0 Å². The molecule has 3 heterocycles. The third-order valence-corrected chi connectivity index (χ3v) is 7.79. The van der Waals surface area contributed by atoms with Gasteiger partial charge in [0.05, 0.1) is 35.1 Å². The largest absolute Gasteiger partial charge is 0.463 e. The molecule has 1 aliphatic heterocycles. The summed E-state index contributed by atoms with van der Waals surface area (Å²) in [7, 11) is -3.10. The van der Waals surface area contributed by atoms with Crippen LogP contribution in [-0.4, -0.2) is 31.9 Å². The number of fused-ring (bicyclic) bond motifs is 3. The second-order valence-electron chi connectivity index (χ2n) is 9.51. The summed E-state index contributed by atoms with van der Waals surface area (Å²) in [6.07, 6.45) is 1.96. The molecule has 1 atom stereocenters. The van der Waals surface area contributed by atoms with Gasteiger partial charge in [-0.1, -0.05) is 20.8 Å². The summed E-state index contributed by atoms with van der Waals surface area (Å²) in [5.41, 5.74) is 3.28. The first-order chi connectivity index (χ1) is 14.4. The lowest BCUT2D eigenvalue weighted by molar-refractivity contribution is -0.121. The molecule has 1 N–H and O–H groups in total. The highest BCUT2D eigenvalue weighted by Gasteiger charge is 2.30. The zero-order valence-corrected chi connectivity index (χ0v) is 19.2. The number of carbonyl (C=O) groups excluding carboxylic acids is 1. The first-order valence-corrected chi connectivity index (χ1v) is 12.2. The minimum Gasteiger partial charge on any atom is -0.463 e. The number of benzene rings is 1. The van der Waals surface area contributed by atoms with Crippen molar-refractivity contribution >= 4 is 37.7 Å². The van der Waals surface area contributed by atoms with Crippen LogP contribution in [0.15, 0.2) is 26.0 Å². The molecule has 1 saturated heterocycles. The minimum atomic E-state index is -3.10. The smallest absolute Gasteiger partial charge is 0.340 e. The van der Waals surface area contributed by atoms with E-state index < -0.39 is 27.4 Å². The molecule has 1 aromatic carbocycles. The summed E-state index contributed by atoms with van der Waals surface area (Å²) >= 11 is 0. The van der Waals surface area contributed by atoms with Crippen molar-refractivity contribution in [3.63, 3.8) is 0 Å². The van der Waals surface area contributed by atoms with Crippen molar-refractivity contribution in [3.05, 3.63) is 45.0 Å². The van der Waals surface area contributed by atoms with Gasteiger partial charge in [0.1, 0.15) is 11.2 Å². The zero-order chi connectivity index (χ0) is 22.7. The Morgan fingerprint density at radius 3 is 2.55 bits per heavy atom. The number of carbonyl (C=O) groups is 1. The first kappa shape index (κ1) is 21.6. The van der Waals surface area contributed by atoms with Crippen LogP contribution in [0, 0.1) is 13.8 Å². The number of sulfone groups is 1. The number of nitrogens with one attached hydrogen (secondary N) is 1. The first-order valence-electron chi connectivity index (χ1n) is 10.3. The Bertz CT molecular complexity index is 1370. The zero-order valence-electron chi connectivity index (χ0n) is 18.4. The van der Waals surface area contributed by atoms with Gasteiger partial charge < -0.3 is 14.2 Å². The molecule has 0 radical (unpaired) electrons. The van der Waals surface area contributed by atoms with Gasteiger partial charge >= 0.3 is 5.63 Å². The SMILES string of the molecule is Cc1cc2oc(=O)c(CC(=O)NC3CCS(=O)(=O)C3)c(C)c2c2occ(C(C)(C)C)c12. The molecule has 4 rings (SSSR count). The van der Waals surface area contributed by atoms with Crippen molar-refractivity contribution in [1.29, 1.82) is 0 Å². The van der Waals surface area contributed by atoms with E-state index in [1.807, 2.05) is 13.0 Å². The fourth-order valence-corrected chi connectivity index (χ4v) is 6.07. The lowest BCUT2D eigenvalue weighted by atomic mass is 9.85. The number of furan rings is 1. The third-order valence-electron chi connectivity index (χ3n) is 6.03. The lowest BCUT2D eigenvalue weighted by Crippen LogP contribution is -2.37. The Morgan fingerprint density at radius 2 is 1.94 bits per heavy atom. The normalized spacial score (nSPS) is 18.7. The van der Waals surface area contributed by atoms with Crippen LogP contribution in [-0.2, 0) is 26.5 Å². The Morgan fingerprint density at radius 1 is 1.23 bits per heavy atom. The summed E-state index contributed by atoms with van der Waals surface area (Å²) in [4.78, 5) is 25.2. The molecule has 7 nitrogen and oxygen atoms in total.